The quantitative estimate of drug-likeness (QED) is 0.442. The Balaban J connectivity index is 1.79. The minimum absolute atomic E-state index is 0.0946. The van der Waals surface area contributed by atoms with Gasteiger partial charge in [-0.05, 0) is 50.2 Å². The van der Waals surface area contributed by atoms with E-state index in [0.717, 1.165) is 0 Å². The van der Waals surface area contributed by atoms with Gasteiger partial charge in [0.15, 0.2) is 23.9 Å². The van der Waals surface area contributed by atoms with E-state index >= 15 is 0 Å². The number of hydrogen-bond acceptors (Lipinski definition) is 6. The molecule has 0 aliphatic carbocycles. The Labute approximate surface area is 174 Å². The summed E-state index contributed by atoms with van der Waals surface area (Å²) in [4.78, 5) is 35.8. The van der Waals surface area contributed by atoms with Gasteiger partial charge in [0.2, 0.25) is 0 Å². The smallest absolute Gasteiger partial charge is 0.306 e. The van der Waals surface area contributed by atoms with Gasteiger partial charge in [-0.15, -0.1) is 0 Å². The topological polar surface area (TPSA) is 90.9 Å². The van der Waals surface area contributed by atoms with Crippen LogP contribution in [-0.4, -0.2) is 37.5 Å². The predicted molar refractivity (Wildman–Crippen MR) is 108 cm³/mol. The highest BCUT2D eigenvalue weighted by atomic mass is 19.1. The van der Waals surface area contributed by atoms with E-state index in [-0.39, 0.29) is 18.6 Å². The number of halogens is 1. The highest BCUT2D eigenvalue weighted by molar-refractivity contribution is 5.98. The second kappa shape index (κ2) is 11.5. The second-order valence-corrected chi connectivity index (χ2v) is 6.17. The highest BCUT2D eigenvalue weighted by Gasteiger charge is 2.13. The number of rotatable bonds is 11. The number of carbonyl (C=O) groups is 3. The maximum atomic E-state index is 12.9. The molecular weight excluding hydrogens is 393 g/mol. The van der Waals surface area contributed by atoms with Gasteiger partial charge in [0.05, 0.1) is 19.6 Å². The van der Waals surface area contributed by atoms with Crippen molar-refractivity contribution >= 4 is 23.3 Å². The van der Waals surface area contributed by atoms with E-state index in [9.17, 15) is 18.8 Å². The molecule has 7 nitrogen and oxygen atoms in total. The molecule has 2 aromatic rings. The molecule has 0 aliphatic rings. The summed E-state index contributed by atoms with van der Waals surface area (Å²) in [6.45, 7) is 4.12. The Morgan fingerprint density at radius 1 is 0.900 bits per heavy atom. The molecule has 0 heterocycles. The second-order valence-electron chi connectivity index (χ2n) is 6.17. The van der Waals surface area contributed by atoms with Crippen LogP contribution in [0.5, 0.6) is 11.5 Å². The largest absolute Gasteiger partial charge is 0.490 e. The van der Waals surface area contributed by atoms with E-state index in [2.05, 4.69) is 5.32 Å². The van der Waals surface area contributed by atoms with Gasteiger partial charge < -0.3 is 19.5 Å². The molecular formula is C22H24FNO6. The fourth-order valence-corrected chi connectivity index (χ4v) is 2.54. The monoisotopic (exact) mass is 417 g/mol. The molecule has 30 heavy (non-hydrogen) atoms. The van der Waals surface area contributed by atoms with E-state index in [0.29, 0.717) is 36.0 Å². The Kier molecular flexibility index (Phi) is 8.80. The molecule has 0 saturated heterocycles. The summed E-state index contributed by atoms with van der Waals surface area (Å²) in [5.41, 5.74) is 0.775. The van der Waals surface area contributed by atoms with Gasteiger partial charge in [0.25, 0.3) is 5.91 Å². The zero-order valence-electron chi connectivity index (χ0n) is 16.9. The van der Waals surface area contributed by atoms with Crippen LogP contribution in [0.2, 0.25) is 0 Å². The first-order valence-corrected chi connectivity index (χ1v) is 9.56. The summed E-state index contributed by atoms with van der Waals surface area (Å²) in [6, 6.07) is 10.00. The van der Waals surface area contributed by atoms with Crippen LogP contribution in [0.3, 0.4) is 0 Å². The summed E-state index contributed by atoms with van der Waals surface area (Å²) in [5.74, 6) is -0.905. The zero-order valence-corrected chi connectivity index (χ0v) is 16.9. The number of carbonyl (C=O) groups excluding carboxylic acids is 3. The van der Waals surface area contributed by atoms with Gasteiger partial charge in [0, 0.05) is 23.7 Å². The molecule has 2 rings (SSSR count). The molecule has 0 aromatic heterocycles. The molecule has 0 fully saturated rings. The van der Waals surface area contributed by atoms with Gasteiger partial charge in [-0.2, -0.15) is 0 Å². The molecule has 0 spiro atoms. The van der Waals surface area contributed by atoms with E-state index in [1.54, 1.807) is 18.2 Å². The van der Waals surface area contributed by atoms with Gasteiger partial charge in [-0.3, -0.25) is 14.4 Å². The standard InChI is InChI=1S/C22H24FNO6/c1-3-28-19-11-9-17(13-20(19)29-4-2)24-21(26)14-30-22(27)12-10-18(25)15-5-7-16(23)8-6-15/h5-9,11,13H,3-4,10,12,14H2,1-2H3,(H,24,26). The molecule has 0 atom stereocenters. The normalized spacial score (nSPS) is 10.2. The number of nitrogens with one attached hydrogen (secondary N) is 1. The fraction of sp³-hybridized carbons (Fsp3) is 0.318. The Morgan fingerprint density at radius 3 is 2.23 bits per heavy atom. The van der Waals surface area contributed by atoms with Crippen LogP contribution in [0.25, 0.3) is 0 Å². The Bertz CT molecular complexity index is 882. The lowest BCUT2D eigenvalue weighted by atomic mass is 10.1. The number of benzene rings is 2. The fourth-order valence-electron chi connectivity index (χ4n) is 2.54. The number of Topliss-reactive ketones (excluding diaryl/α,β-unsaturated/α-hetero) is 1. The number of esters is 1. The van der Waals surface area contributed by atoms with Crippen molar-refractivity contribution in [3.05, 3.63) is 53.8 Å². The molecule has 2 aromatic carbocycles. The molecule has 0 bridgehead atoms. The van der Waals surface area contributed by atoms with Crippen molar-refractivity contribution in [3.63, 3.8) is 0 Å². The third-order valence-corrected chi connectivity index (χ3v) is 3.91. The van der Waals surface area contributed by atoms with Gasteiger partial charge in [-0.25, -0.2) is 4.39 Å². The van der Waals surface area contributed by atoms with Crippen molar-refractivity contribution < 1.29 is 33.0 Å². The van der Waals surface area contributed by atoms with Crippen molar-refractivity contribution in [3.8, 4) is 11.5 Å². The number of ether oxygens (including phenoxy) is 3. The van der Waals surface area contributed by atoms with Gasteiger partial charge in [-0.1, -0.05) is 0 Å². The SMILES string of the molecule is CCOc1ccc(NC(=O)COC(=O)CCC(=O)c2ccc(F)cc2)cc1OCC. The molecule has 0 saturated carbocycles. The average Bonchev–Trinajstić information content (AvgIpc) is 2.73. The van der Waals surface area contributed by atoms with Gasteiger partial charge >= 0.3 is 5.97 Å². The summed E-state index contributed by atoms with van der Waals surface area (Å²) in [7, 11) is 0. The first-order valence-electron chi connectivity index (χ1n) is 9.56. The van der Waals surface area contributed by atoms with Crippen LogP contribution in [0.15, 0.2) is 42.5 Å². The third-order valence-electron chi connectivity index (χ3n) is 3.91. The number of amides is 1. The van der Waals surface area contributed by atoms with Crippen molar-refractivity contribution in [2.24, 2.45) is 0 Å². The van der Waals surface area contributed by atoms with Crippen LogP contribution in [0.4, 0.5) is 10.1 Å². The van der Waals surface area contributed by atoms with Crippen LogP contribution in [-0.2, 0) is 14.3 Å². The van der Waals surface area contributed by atoms with Crippen LogP contribution in [0.1, 0.15) is 37.0 Å². The summed E-state index contributed by atoms with van der Waals surface area (Å²) in [6.07, 6.45) is -0.274. The lowest BCUT2D eigenvalue weighted by Gasteiger charge is -2.13. The molecule has 1 amide bonds. The maximum Gasteiger partial charge on any atom is 0.306 e. The highest BCUT2D eigenvalue weighted by Crippen LogP contribution is 2.30. The molecule has 160 valence electrons. The summed E-state index contributed by atoms with van der Waals surface area (Å²) >= 11 is 0. The average molecular weight is 417 g/mol. The number of hydrogen-bond donors (Lipinski definition) is 1. The summed E-state index contributed by atoms with van der Waals surface area (Å²) in [5, 5.41) is 2.61. The lowest BCUT2D eigenvalue weighted by molar-refractivity contribution is -0.147. The van der Waals surface area contributed by atoms with Crippen molar-refractivity contribution in [1.29, 1.82) is 0 Å². The number of ketones is 1. The van der Waals surface area contributed by atoms with Gasteiger partial charge in [0.1, 0.15) is 5.82 Å². The van der Waals surface area contributed by atoms with Crippen molar-refractivity contribution in [1.82, 2.24) is 0 Å². The minimum atomic E-state index is -0.678. The minimum Gasteiger partial charge on any atom is -0.490 e. The first-order chi connectivity index (χ1) is 14.4. The molecule has 8 heteroatoms. The molecule has 0 aliphatic heterocycles. The van der Waals surface area contributed by atoms with Crippen molar-refractivity contribution in [2.45, 2.75) is 26.7 Å². The van der Waals surface area contributed by atoms with E-state index in [1.807, 2.05) is 13.8 Å². The Hall–Kier alpha value is -3.42. The Morgan fingerprint density at radius 2 is 1.57 bits per heavy atom. The van der Waals surface area contributed by atoms with E-state index in [4.69, 9.17) is 14.2 Å². The lowest BCUT2D eigenvalue weighted by Crippen LogP contribution is -2.21. The zero-order chi connectivity index (χ0) is 21.9. The molecule has 0 unspecified atom stereocenters. The predicted octanol–water partition coefficient (Wildman–Crippen LogP) is 3.77. The first kappa shape index (κ1) is 22.9. The maximum absolute atomic E-state index is 12.9. The molecule has 0 radical (unpaired) electrons. The van der Waals surface area contributed by atoms with E-state index in [1.165, 1.54) is 24.3 Å². The van der Waals surface area contributed by atoms with E-state index < -0.39 is 24.3 Å². The van der Waals surface area contributed by atoms with Crippen molar-refractivity contribution in [2.75, 3.05) is 25.1 Å². The molecule has 1 N–H and O–H groups in total. The van der Waals surface area contributed by atoms with Crippen LogP contribution in [0, 0.1) is 5.82 Å². The third kappa shape index (κ3) is 7.20. The van der Waals surface area contributed by atoms with Crippen LogP contribution < -0.4 is 14.8 Å². The van der Waals surface area contributed by atoms with Crippen LogP contribution >= 0.6 is 0 Å². The summed E-state index contributed by atoms with van der Waals surface area (Å²) < 4.78 is 28.7. The number of anilines is 1.